The lowest BCUT2D eigenvalue weighted by Crippen LogP contribution is -2.45. The molecule has 0 spiro atoms. The summed E-state index contributed by atoms with van der Waals surface area (Å²) in [5, 5.41) is 0. The summed E-state index contributed by atoms with van der Waals surface area (Å²) in [5.74, 6) is 4.96. The molecule has 0 aromatic carbocycles. The van der Waals surface area contributed by atoms with Crippen molar-refractivity contribution >= 4 is 17.0 Å². The predicted octanol–water partition coefficient (Wildman–Crippen LogP) is 0.256. The molecule has 4 rings (SSSR count). The Bertz CT molecular complexity index is 1050. The van der Waals surface area contributed by atoms with Crippen molar-refractivity contribution in [2.75, 3.05) is 29.6 Å². The Balaban J connectivity index is 2.03. The maximum atomic E-state index is 15.2. The van der Waals surface area contributed by atoms with Crippen molar-refractivity contribution in [2.24, 2.45) is 11.7 Å². The van der Waals surface area contributed by atoms with Crippen LogP contribution >= 0.6 is 0 Å². The molecule has 27 heavy (non-hydrogen) atoms. The summed E-state index contributed by atoms with van der Waals surface area (Å²) in [6, 6.07) is 0.00487. The van der Waals surface area contributed by atoms with E-state index in [-0.39, 0.29) is 23.7 Å². The Labute approximate surface area is 155 Å². The van der Waals surface area contributed by atoms with Crippen LogP contribution in [0.1, 0.15) is 43.2 Å². The van der Waals surface area contributed by atoms with Crippen LogP contribution in [0.3, 0.4) is 0 Å². The molecule has 0 amide bonds. The molecule has 2 aliphatic rings. The molecule has 1 aliphatic carbocycles. The van der Waals surface area contributed by atoms with E-state index in [1.54, 1.807) is 6.92 Å². The van der Waals surface area contributed by atoms with Gasteiger partial charge >= 0.3 is 5.69 Å². The van der Waals surface area contributed by atoms with Crippen LogP contribution in [0.15, 0.2) is 9.59 Å². The fraction of sp³-hybridized carbons (Fsp3) is 0.556. The minimum absolute atomic E-state index is 0.00487. The van der Waals surface area contributed by atoms with Crippen LogP contribution in [0.4, 0.5) is 15.9 Å². The fourth-order valence-corrected chi connectivity index (χ4v) is 4.27. The van der Waals surface area contributed by atoms with Crippen LogP contribution in [-0.4, -0.2) is 28.2 Å². The largest absolute Gasteiger partial charge is 0.382 e. The Morgan fingerprint density at radius 1 is 1.22 bits per heavy atom. The van der Waals surface area contributed by atoms with Crippen LogP contribution in [0.25, 0.3) is 5.52 Å². The molecule has 6 N–H and O–H groups in total. The van der Waals surface area contributed by atoms with Gasteiger partial charge < -0.3 is 22.2 Å². The second kappa shape index (κ2) is 5.98. The number of aryl methyl sites for hydroxylation is 1. The smallest absolute Gasteiger partial charge is 0.356 e. The summed E-state index contributed by atoms with van der Waals surface area (Å²) < 4.78 is 16.8. The summed E-state index contributed by atoms with van der Waals surface area (Å²) in [4.78, 5) is 27.2. The molecule has 146 valence electrons. The fourth-order valence-electron chi connectivity index (χ4n) is 4.27. The van der Waals surface area contributed by atoms with Crippen LogP contribution in [0.2, 0.25) is 0 Å². The quantitative estimate of drug-likeness (QED) is 0.660. The third kappa shape index (κ3) is 2.52. The summed E-state index contributed by atoms with van der Waals surface area (Å²) in [6.07, 6.45) is 2.53. The van der Waals surface area contributed by atoms with E-state index in [2.05, 4.69) is 0 Å². The van der Waals surface area contributed by atoms with Gasteiger partial charge in [-0.25, -0.2) is 13.6 Å². The Kier molecular flexibility index (Phi) is 3.95. The zero-order chi connectivity index (χ0) is 19.6. The molecule has 8 nitrogen and oxygen atoms in total. The highest BCUT2D eigenvalue weighted by Crippen LogP contribution is 2.43. The van der Waals surface area contributed by atoms with Crippen molar-refractivity contribution in [1.29, 1.82) is 0 Å². The Morgan fingerprint density at radius 3 is 2.44 bits per heavy atom. The zero-order valence-electron chi connectivity index (χ0n) is 15.5. The normalized spacial score (nSPS) is 21.2. The first-order valence-corrected chi connectivity index (χ1v) is 9.28. The number of hydrogen-bond donors (Lipinski definition) is 3. The van der Waals surface area contributed by atoms with Crippen LogP contribution in [-0.2, 0) is 0 Å². The van der Waals surface area contributed by atoms with Crippen molar-refractivity contribution in [2.45, 2.75) is 45.1 Å². The lowest BCUT2D eigenvalue weighted by molar-refractivity contribution is 0.487. The molecule has 2 unspecified atom stereocenters. The summed E-state index contributed by atoms with van der Waals surface area (Å²) in [6.45, 7) is 4.94. The first kappa shape index (κ1) is 17.8. The molecule has 2 aromatic rings. The van der Waals surface area contributed by atoms with Crippen molar-refractivity contribution in [3.05, 3.63) is 37.8 Å². The number of nitrogens with zero attached hydrogens (tertiary/aromatic N) is 3. The Morgan fingerprint density at radius 2 is 1.89 bits per heavy atom. The third-order valence-electron chi connectivity index (χ3n) is 5.98. The molecule has 1 saturated carbocycles. The van der Waals surface area contributed by atoms with Crippen LogP contribution < -0.4 is 33.5 Å². The number of pyridine rings is 1. The van der Waals surface area contributed by atoms with Gasteiger partial charge in [0.2, 0.25) is 0 Å². The summed E-state index contributed by atoms with van der Waals surface area (Å²) in [5.41, 5.74) is 12.4. The average Bonchev–Trinajstić information content (AvgIpc) is 3.33. The van der Waals surface area contributed by atoms with E-state index in [1.165, 1.54) is 0 Å². The van der Waals surface area contributed by atoms with Gasteiger partial charge in [-0.15, -0.1) is 0 Å². The molecule has 2 fully saturated rings. The maximum absolute atomic E-state index is 15.2. The van der Waals surface area contributed by atoms with Crippen molar-refractivity contribution in [3.63, 3.8) is 0 Å². The van der Waals surface area contributed by atoms with Gasteiger partial charge in [0.15, 0.2) is 11.6 Å². The standard InChI is InChI=1S/C18H25FN6O2/c1-8-14-12(10-3-4-10)17(26)25(22)18(27)24(14)16(21)13(19)15(8)23-6-5-11(7-23)9(2)20/h9-11H,3-7,20-22H2,1-2H3. The molecule has 9 heteroatoms. The van der Waals surface area contributed by atoms with Gasteiger partial charge in [-0.05, 0) is 44.9 Å². The second-order valence-corrected chi connectivity index (χ2v) is 7.86. The maximum Gasteiger partial charge on any atom is 0.356 e. The van der Waals surface area contributed by atoms with Gasteiger partial charge in [0.05, 0.1) is 11.2 Å². The van der Waals surface area contributed by atoms with E-state index in [0.717, 1.165) is 23.7 Å². The molecule has 3 heterocycles. The molecular weight excluding hydrogens is 351 g/mol. The zero-order valence-corrected chi connectivity index (χ0v) is 15.5. The highest BCUT2D eigenvalue weighted by Gasteiger charge is 2.35. The highest BCUT2D eigenvalue weighted by atomic mass is 19.1. The van der Waals surface area contributed by atoms with Gasteiger partial charge in [0, 0.05) is 30.3 Å². The van der Waals surface area contributed by atoms with E-state index >= 15 is 4.39 Å². The number of hydrogen-bond acceptors (Lipinski definition) is 6. The molecule has 0 radical (unpaired) electrons. The second-order valence-electron chi connectivity index (χ2n) is 7.86. The lowest BCUT2D eigenvalue weighted by atomic mass is 10.0. The lowest BCUT2D eigenvalue weighted by Gasteiger charge is -2.25. The average molecular weight is 376 g/mol. The molecule has 1 saturated heterocycles. The molecule has 2 aromatic heterocycles. The van der Waals surface area contributed by atoms with Gasteiger partial charge in [0.25, 0.3) is 5.56 Å². The molecular formula is C18H25FN6O2. The summed E-state index contributed by atoms with van der Waals surface area (Å²) in [7, 11) is 0. The number of fused-ring (bicyclic) bond motifs is 1. The predicted molar refractivity (Wildman–Crippen MR) is 103 cm³/mol. The van der Waals surface area contributed by atoms with Crippen LogP contribution in [0, 0.1) is 18.7 Å². The third-order valence-corrected chi connectivity index (χ3v) is 5.98. The van der Waals surface area contributed by atoms with Crippen LogP contribution in [0.5, 0.6) is 0 Å². The molecule has 1 aliphatic heterocycles. The van der Waals surface area contributed by atoms with Crippen molar-refractivity contribution < 1.29 is 4.39 Å². The number of rotatable bonds is 3. The van der Waals surface area contributed by atoms with Crippen molar-refractivity contribution in [3.8, 4) is 0 Å². The summed E-state index contributed by atoms with van der Waals surface area (Å²) >= 11 is 0. The number of halogens is 1. The van der Waals surface area contributed by atoms with Gasteiger partial charge in [-0.2, -0.15) is 4.68 Å². The minimum atomic E-state index is -0.833. The van der Waals surface area contributed by atoms with E-state index < -0.39 is 17.1 Å². The van der Waals surface area contributed by atoms with E-state index in [1.807, 2.05) is 11.8 Å². The van der Waals surface area contributed by atoms with Crippen molar-refractivity contribution in [1.82, 2.24) is 9.08 Å². The minimum Gasteiger partial charge on any atom is -0.382 e. The van der Waals surface area contributed by atoms with Gasteiger partial charge in [-0.3, -0.25) is 4.79 Å². The van der Waals surface area contributed by atoms with Gasteiger partial charge in [0.1, 0.15) is 0 Å². The first-order valence-electron chi connectivity index (χ1n) is 9.28. The molecule has 0 bridgehead atoms. The topological polar surface area (TPSA) is 125 Å². The highest BCUT2D eigenvalue weighted by molar-refractivity contribution is 5.76. The van der Waals surface area contributed by atoms with E-state index in [4.69, 9.17) is 17.3 Å². The first-order chi connectivity index (χ1) is 12.7. The number of nitrogen functional groups attached to an aromatic ring is 2. The number of aromatic nitrogens is 2. The Hall–Kier alpha value is -2.55. The monoisotopic (exact) mass is 376 g/mol. The van der Waals surface area contributed by atoms with E-state index in [0.29, 0.717) is 40.1 Å². The van der Waals surface area contributed by atoms with E-state index in [9.17, 15) is 9.59 Å². The number of nitrogens with two attached hydrogens (primary N) is 3. The number of anilines is 2. The molecule has 2 atom stereocenters. The SMILES string of the molecule is Cc1c(N2CCC(C(C)N)C2)c(F)c(N)n2c(=O)n(N)c(=O)c(C3CC3)c12. The van der Waals surface area contributed by atoms with Gasteiger partial charge in [-0.1, -0.05) is 0 Å².